The van der Waals surface area contributed by atoms with Crippen LogP contribution in [0.15, 0.2) is 24.5 Å². The molecule has 1 aromatic heterocycles. The van der Waals surface area contributed by atoms with E-state index >= 15 is 0 Å². The maximum Gasteiger partial charge on any atom is 0.240 e. The zero-order chi connectivity index (χ0) is 9.68. The lowest BCUT2D eigenvalue weighted by Crippen LogP contribution is -2.34. The minimum Gasteiger partial charge on any atom is -0.352 e. The third kappa shape index (κ3) is 3.32. The first-order valence-electron chi connectivity index (χ1n) is 4.62. The minimum absolute atomic E-state index is 0.0746. The number of nitrogens with one attached hydrogen (secondary N) is 1. The minimum atomic E-state index is 0.0746. The second-order valence-corrected chi connectivity index (χ2v) is 3.23. The van der Waals surface area contributed by atoms with E-state index in [2.05, 4.69) is 12.2 Å². The maximum absolute atomic E-state index is 11.3. The molecule has 1 heterocycles. The topological polar surface area (TPSA) is 34.0 Å². The fourth-order valence-corrected chi connectivity index (χ4v) is 1.06. The molecule has 72 valence electrons. The van der Waals surface area contributed by atoms with E-state index in [0.29, 0.717) is 6.54 Å². The third-order valence-corrected chi connectivity index (χ3v) is 2.01. The van der Waals surface area contributed by atoms with Crippen molar-refractivity contribution < 1.29 is 4.79 Å². The molecular weight excluding hydrogens is 164 g/mol. The van der Waals surface area contributed by atoms with E-state index < -0.39 is 0 Å². The van der Waals surface area contributed by atoms with E-state index in [1.54, 1.807) is 0 Å². The van der Waals surface area contributed by atoms with Gasteiger partial charge < -0.3 is 9.88 Å². The number of carbonyl (C=O) groups excluding carboxylic acids is 1. The first kappa shape index (κ1) is 9.84. The van der Waals surface area contributed by atoms with Crippen molar-refractivity contribution in [2.24, 2.45) is 0 Å². The van der Waals surface area contributed by atoms with Crippen LogP contribution in [0.4, 0.5) is 0 Å². The summed E-state index contributed by atoms with van der Waals surface area (Å²) in [5.74, 6) is 0.0746. The third-order valence-electron chi connectivity index (χ3n) is 2.01. The Hall–Kier alpha value is -1.25. The summed E-state index contributed by atoms with van der Waals surface area (Å²) in [6.45, 7) is 4.48. The van der Waals surface area contributed by atoms with Gasteiger partial charge in [0.1, 0.15) is 6.54 Å². The smallest absolute Gasteiger partial charge is 0.240 e. The lowest BCUT2D eigenvalue weighted by atomic mass is 10.2. The molecule has 0 aliphatic carbocycles. The number of aromatic nitrogens is 1. The number of rotatable bonds is 4. The van der Waals surface area contributed by atoms with Crippen molar-refractivity contribution in [2.45, 2.75) is 32.9 Å². The van der Waals surface area contributed by atoms with Gasteiger partial charge in [0, 0.05) is 18.4 Å². The van der Waals surface area contributed by atoms with E-state index in [1.165, 1.54) is 0 Å². The Morgan fingerprint density at radius 3 is 2.62 bits per heavy atom. The largest absolute Gasteiger partial charge is 0.352 e. The SMILES string of the molecule is CCC(C)NC(=O)Cn1cccc1. The summed E-state index contributed by atoms with van der Waals surface area (Å²) in [5, 5.41) is 2.91. The van der Waals surface area contributed by atoms with Crippen LogP contribution in [0.5, 0.6) is 0 Å². The fraction of sp³-hybridized carbons (Fsp3) is 0.500. The normalized spacial score (nSPS) is 12.5. The Balaban J connectivity index is 2.34. The molecule has 1 atom stereocenters. The van der Waals surface area contributed by atoms with Crippen LogP contribution < -0.4 is 5.32 Å². The number of amides is 1. The molecule has 0 saturated heterocycles. The number of nitrogens with zero attached hydrogens (tertiary/aromatic N) is 1. The van der Waals surface area contributed by atoms with Gasteiger partial charge in [-0.1, -0.05) is 6.92 Å². The first-order valence-corrected chi connectivity index (χ1v) is 4.62. The molecule has 1 unspecified atom stereocenters. The Morgan fingerprint density at radius 2 is 2.08 bits per heavy atom. The van der Waals surface area contributed by atoms with E-state index in [4.69, 9.17) is 0 Å². The van der Waals surface area contributed by atoms with Gasteiger partial charge in [-0.25, -0.2) is 0 Å². The number of hydrogen-bond acceptors (Lipinski definition) is 1. The van der Waals surface area contributed by atoms with Gasteiger partial charge in [0.15, 0.2) is 0 Å². The highest BCUT2D eigenvalue weighted by Crippen LogP contribution is 1.92. The van der Waals surface area contributed by atoms with Crippen molar-refractivity contribution >= 4 is 5.91 Å². The van der Waals surface area contributed by atoms with E-state index in [0.717, 1.165) is 6.42 Å². The second-order valence-electron chi connectivity index (χ2n) is 3.23. The molecule has 0 spiro atoms. The van der Waals surface area contributed by atoms with Gasteiger partial charge in [-0.3, -0.25) is 4.79 Å². The molecule has 0 radical (unpaired) electrons. The number of hydrogen-bond donors (Lipinski definition) is 1. The molecule has 1 rings (SSSR count). The summed E-state index contributed by atoms with van der Waals surface area (Å²) in [5.41, 5.74) is 0. The molecule has 0 aliphatic heterocycles. The van der Waals surface area contributed by atoms with Crippen LogP contribution in [0.3, 0.4) is 0 Å². The van der Waals surface area contributed by atoms with Gasteiger partial charge in [-0.2, -0.15) is 0 Å². The molecule has 0 aromatic carbocycles. The van der Waals surface area contributed by atoms with Gasteiger partial charge in [0.05, 0.1) is 0 Å². The summed E-state index contributed by atoms with van der Waals surface area (Å²) in [7, 11) is 0. The Bertz CT molecular complexity index is 254. The van der Waals surface area contributed by atoms with Crippen LogP contribution in [0.2, 0.25) is 0 Å². The summed E-state index contributed by atoms with van der Waals surface area (Å²) in [6.07, 6.45) is 4.74. The molecular formula is C10H16N2O. The average molecular weight is 180 g/mol. The fourth-order valence-electron chi connectivity index (χ4n) is 1.06. The van der Waals surface area contributed by atoms with Gasteiger partial charge in [0.2, 0.25) is 5.91 Å². The maximum atomic E-state index is 11.3. The van der Waals surface area contributed by atoms with Crippen LogP contribution >= 0.6 is 0 Å². The van der Waals surface area contributed by atoms with Crippen LogP contribution in [0.1, 0.15) is 20.3 Å². The van der Waals surface area contributed by atoms with Crippen molar-refractivity contribution in [3.8, 4) is 0 Å². The molecule has 1 amide bonds. The van der Waals surface area contributed by atoms with Gasteiger partial charge >= 0.3 is 0 Å². The zero-order valence-electron chi connectivity index (χ0n) is 8.16. The Labute approximate surface area is 78.8 Å². The summed E-state index contributed by atoms with van der Waals surface area (Å²) in [6, 6.07) is 4.09. The van der Waals surface area contributed by atoms with E-state index in [-0.39, 0.29) is 11.9 Å². The molecule has 0 fully saturated rings. The highest BCUT2D eigenvalue weighted by molar-refractivity contribution is 5.75. The summed E-state index contributed by atoms with van der Waals surface area (Å²) in [4.78, 5) is 11.3. The van der Waals surface area contributed by atoms with Gasteiger partial charge in [-0.05, 0) is 25.5 Å². The molecule has 0 bridgehead atoms. The van der Waals surface area contributed by atoms with Crippen molar-refractivity contribution in [2.75, 3.05) is 0 Å². The quantitative estimate of drug-likeness (QED) is 0.746. The number of carbonyl (C=O) groups is 1. The zero-order valence-corrected chi connectivity index (χ0v) is 8.16. The van der Waals surface area contributed by atoms with Crippen LogP contribution in [-0.2, 0) is 11.3 Å². The lowest BCUT2D eigenvalue weighted by molar-refractivity contribution is -0.122. The highest BCUT2D eigenvalue weighted by atomic mass is 16.2. The highest BCUT2D eigenvalue weighted by Gasteiger charge is 2.04. The van der Waals surface area contributed by atoms with Crippen LogP contribution in [0, 0.1) is 0 Å². The monoisotopic (exact) mass is 180 g/mol. The second kappa shape index (κ2) is 4.70. The molecule has 1 N–H and O–H groups in total. The molecule has 0 aliphatic rings. The molecule has 3 nitrogen and oxygen atoms in total. The first-order chi connectivity index (χ1) is 6.22. The Morgan fingerprint density at radius 1 is 1.46 bits per heavy atom. The van der Waals surface area contributed by atoms with Gasteiger partial charge in [-0.15, -0.1) is 0 Å². The Kier molecular flexibility index (Phi) is 3.55. The van der Waals surface area contributed by atoms with Crippen LogP contribution in [-0.4, -0.2) is 16.5 Å². The van der Waals surface area contributed by atoms with Crippen molar-refractivity contribution in [3.63, 3.8) is 0 Å². The lowest BCUT2D eigenvalue weighted by Gasteiger charge is -2.11. The predicted octanol–water partition coefficient (Wildman–Crippen LogP) is 1.40. The van der Waals surface area contributed by atoms with E-state index in [1.807, 2.05) is 36.0 Å². The van der Waals surface area contributed by atoms with Crippen molar-refractivity contribution in [1.29, 1.82) is 0 Å². The molecule has 0 saturated carbocycles. The summed E-state index contributed by atoms with van der Waals surface area (Å²) < 4.78 is 1.86. The van der Waals surface area contributed by atoms with Gasteiger partial charge in [0.25, 0.3) is 0 Å². The van der Waals surface area contributed by atoms with E-state index in [9.17, 15) is 4.79 Å². The van der Waals surface area contributed by atoms with Crippen LogP contribution in [0.25, 0.3) is 0 Å². The molecule has 13 heavy (non-hydrogen) atoms. The average Bonchev–Trinajstić information content (AvgIpc) is 2.56. The standard InChI is InChI=1S/C10H16N2O/c1-3-9(2)11-10(13)8-12-6-4-5-7-12/h4-7,9H,3,8H2,1-2H3,(H,11,13). The molecule has 3 heteroatoms. The van der Waals surface area contributed by atoms with Crippen molar-refractivity contribution in [1.82, 2.24) is 9.88 Å². The van der Waals surface area contributed by atoms with Crippen molar-refractivity contribution in [3.05, 3.63) is 24.5 Å². The summed E-state index contributed by atoms with van der Waals surface area (Å²) >= 11 is 0. The molecule has 1 aromatic rings. The predicted molar refractivity (Wildman–Crippen MR) is 52.3 cm³/mol.